The summed E-state index contributed by atoms with van der Waals surface area (Å²) in [7, 11) is 0. The van der Waals surface area contributed by atoms with Crippen molar-refractivity contribution in [3.05, 3.63) is 35.4 Å². The SMILES string of the molecule is CCn1ccc(C(C)NC(=O)Cn2cc(Cl)cn2)n1. The van der Waals surface area contributed by atoms with Gasteiger partial charge in [0.2, 0.25) is 5.91 Å². The van der Waals surface area contributed by atoms with Crippen LogP contribution in [0.5, 0.6) is 0 Å². The van der Waals surface area contributed by atoms with Crippen LogP contribution in [0.1, 0.15) is 25.6 Å². The molecule has 6 nitrogen and oxygen atoms in total. The fourth-order valence-corrected chi connectivity index (χ4v) is 1.87. The lowest BCUT2D eigenvalue weighted by Gasteiger charge is -2.11. The van der Waals surface area contributed by atoms with Gasteiger partial charge in [-0.3, -0.25) is 14.2 Å². The summed E-state index contributed by atoms with van der Waals surface area (Å²) in [5, 5.41) is 11.7. The van der Waals surface area contributed by atoms with E-state index in [1.807, 2.05) is 30.8 Å². The van der Waals surface area contributed by atoms with Crippen molar-refractivity contribution in [1.82, 2.24) is 24.9 Å². The molecule has 0 aromatic carbocycles. The molecule has 0 aliphatic rings. The lowest BCUT2D eigenvalue weighted by Crippen LogP contribution is -2.30. The van der Waals surface area contributed by atoms with Gasteiger partial charge in [0.15, 0.2) is 0 Å². The van der Waals surface area contributed by atoms with E-state index < -0.39 is 0 Å². The van der Waals surface area contributed by atoms with Gasteiger partial charge in [-0.05, 0) is 19.9 Å². The molecule has 0 saturated carbocycles. The molecule has 102 valence electrons. The zero-order valence-electron chi connectivity index (χ0n) is 10.9. The lowest BCUT2D eigenvalue weighted by molar-refractivity contribution is -0.122. The molecule has 2 rings (SSSR count). The van der Waals surface area contributed by atoms with Crippen molar-refractivity contribution in [3.8, 4) is 0 Å². The third kappa shape index (κ3) is 3.57. The average molecular weight is 282 g/mol. The van der Waals surface area contributed by atoms with Gasteiger partial charge in [-0.2, -0.15) is 10.2 Å². The zero-order chi connectivity index (χ0) is 13.8. The van der Waals surface area contributed by atoms with E-state index >= 15 is 0 Å². The van der Waals surface area contributed by atoms with Crippen LogP contribution in [-0.2, 0) is 17.9 Å². The van der Waals surface area contributed by atoms with Gasteiger partial charge in [0.25, 0.3) is 0 Å². The second-order valence-corrected chi connectivity index (χ2v) is 4.68. The number of aromatic nitrogens is 4. The number of rotatable bonds is 5. The fourth-order valence-electron chi connectivity index (χ4n) is 1.72. The Morgan fingerprint density at radius 2 is 2.32 bits per heavy atom. The summed E-state index contributed by atoms with van der Waals surface area (Å²) in [5.74, 6) is -0.127. The van der Waals surface area contributed by atoms with Gasteiger partial charge in [-0.25, -0.2) is 0 Å². The van der Waals surface area contributed by atoms with Crippen molar-refractivity contribution < 1.29 is 4.79 Å². The summed E-state index contributed by atoms with van der Waals surface area (Å²) >= 11 is 5.74. The number of carbonyl (C=O) groups is 1. The van der Waals surface area contributed by atoms with Gasteiger partial charge in [-0.1, -0.05) is 11.6 Å². The van der Waals surface area contributed by atoms with Gasteiger partial charge < -0.3 is 5.32 Å². The van der Waals surface area contributed by atoms with Crippen molar-refractivity contribution in [2.75, 3.05) is 0 Å². The van der Waals surface area contributed by atoms with Crippen LogP contribution in [0.25, 0.3) is 0 Å². The minimum absolute atomic E-state index is 0.127. The summed E-state index contributed by atoms with van der Waals surface area (Å²) in [6.07, 6.45) is 5.00. The maximum Gasteiger partial charge on any atom is 0.242 e. The zero-order valence-corrected chi connectivity index (χ0v) is 11.6. The maximum atomic E-state index is 11.8. The molecule has 0 aliphatic carbocycles. The molecular formula is C12H16ClN5O. The minimum atomic E-state index is -0.133. The molecule has 0 bridgehead atoms. The number of amides is 1. The largest absolute Gasteiger partial charge is 0.346 e. The van der Waals surface area contributed by atoms with Crippen molar-refractivity contribution in [2.45, 2.75) is 33.0 Å². The molecule has 1 N–H and O–H groups in total. The first-order valence-electron chi connectivity index (χ1n) is 6.09. The van der Waals surface area contributed by atoms with Crippen LogP contribution in [0.3, 0.4) is 0 Å². The second-order valence-electron chi connectivity index (χ2n) is 4.24. The first kappa shape index (κ1) is 13.6. The van der Waals surface area contributed by atoms with E-state index in [1.165, 1.54) is 10.9 Å². The van der Waals surface area contributed by atoms with Crippen molar-refractivity contribution in [3.63, 3.8) is 0 Å². The Kier molecular flexibility index (Phi) is 4.21. The van der Waals surface area contributed by atoms with Gasteiger partial charge in [0, 0.05) is 18.9 Å². The number of aryl methyl sites for hydroxylation is 1. The third-order valence-corrected chi connectivity index (χ3v) is 2.91. The molecule has 19 heavy (non-hydrogen) atoms. The number of hydrogen-bond donors (Lipinski definition) is 1. The first-order chi connectivity index (χ1) is 9.08. The Hall–Kier alpha value is -1.82. The molecule has 0 fully saturated rings. The highest BCUT2D eigenvalue weighted by Crippen LogP contribution is 2.09. The van der Waals surface area contributed by atoms with Crippen LogP contribution in [0.4, 0.5) is 0 Å². The quantitative estimate of drug-likeness (QED) is 0.906. The standard InChI is InChI=1S/C12H16ClN5O/c1-3-17-5-4-11(16-17)9(2)15-12(19)8-18-7-10(13)6-14-18/h4-7,9H,3,8H2,1-2H3,(H,15,19). The molecule has 1 amide bonds. The Bertz CT molecular complexity index is 562. The summed E-state index contributed by atoms with van der Waals surface area (Å²) in [6, 6.07) is 1.77. The van der Waals surface area contributed by atoms with E-state index in [0.29, 0.717) is 5.02 Å². The van der Waals surface area contributed by atoms with E-state index in [-0.39, 0.29) is 18.5 Å². The van der Waals surface area contributed by atoms with Gasteiger partial charge in [0.05, 0.1) is 23.0 Å². The predicted octanol–water partition coefficient (Wildman–Crippen LogP) is 1.63. The highest BCUT2D eigenvalue weighted by atomic mass is 35.5. The monoisotopic (exact) mass is 281 g/mol. The molecule has 7 heteroatoms. The molecule has 2 heterocycles. The Morgan fingerprint density at radius 1 is 1.53 bits per heavy atom. The molecule has 1 unspecified atom stereocenters. The number of halogens is 1. The van der Waals surface area contributed by atoms with E-state index in [2.05, 4.69) is 15.5 Å². The summed E-state index contributed by atoms with van der Waals surface area (Å²) in [5.41, 5.74) is 0.841. The second kappa shape index (κ2) is 5.88. The number of carbonyl (C=O) groups excluding carboxylic acids is 1. The number of nitrogens with one attached hydrogen (secondary N) is 1. The highest BCUT2D eigenvalue weighted by Gasteiger charge is 2.12. The molecule has 0 radical (unpaired) electrons. The minimum Gasteiger partial charge on any atom is -0.346 e. The average Bonchev–Trinajstić information content (AvgIpc) is 2.98. The summed E-state index contributed by atoms with van der Waals surface area (Å²) in [4.78, 5) is 11.8. The van der Waals surface area contributed by atoms with Crippen LogP contribution in [-0.4, -0.2) is 25.5 Å². The fraction of sp³-hybridized carbons (Fsp3) is 0.417. The van der Waals surface area contributed by atoms with Gasteiger partial charge >= 0.3 is 0 Å². The van der Waals surface area contributed by atoms with Crippen LogP contribution < -0.4 is 5.32 Å². The molecule has 0 saturated heterocycles. The third-order valence-electron chi connectivity index (χ3n) is 2.71. The van der Waals surface area contributed by atoms with Gasteiger partial charge in [0.1, 0.15) is 6.54 Å². The topological polar surface area (TPSA) is 64.7 Å². The van der Waals surface area contributed by atoms with E-state index in [9.17, 15) is 4.79 Å². The van der Waals surface area contributed by atoms with Gasteiger partial charge in [-0.15, -0.1) is 0 Å². The molecular weight excluding hydrogens is 266 g/mol. The van der Waals surface area contributed by atoms with E-state index in [0.717, 1.165) is 12.2 Å². The normalized spacial score (nSPS) is 12.4. The molecule has 0 aliphatic heterocycles. The Balaban J connectivity index is 1.91. The van der Waals surface area contributed by atoms with Crippen molar-refractivity contribution in [1.29, 1.82) is 0 Å². The number of nitrogens with zero attached hydrogens (tertiary/aromatic N) is 4. The Morgan fingerprint density at radius 3 is 2.89 bits per heavy atom. The first-order valence-corrected chi connectivity index (χ1v) is 6.47. The molecule has 2 aromatic rings. The molecule has 2 aromatic heterocycles. The molecule has 1 atom stereocenters. The van der Waals surface area contributed by atoms with Crippen LogP contribution in [0.15, 0.2) is 24.7 Å². The predicted molar refractivity (Wildman–Crippen MR) is 71.7 cm³/mol. The van der Waals surface area contributed by atoms with Crippen molar-refractivity contribution in [2.24, 2.45) is 0 Å². The van der Waals surface area contributed by atoms with E-state index in [1.54, 1.807) is 6.20 Å². The summed E-state index contributed by atoms with van der Waals surface area (Å²) in [6.45, 7) is 4.87. The van der Waals surface area contributed by atoms with Crippen LogP contribution in [0.2, 0.25) is 5.02 Å². The summed E-state index contributed by atoms with van der Waals surface area (Å²) < 4.78 is 3.32. The maximum absolute atomic E-state index is 11.8. The highest BCUT2D eigenvalue weighted by molar-refractivity contribution is 6.30. The Labute approximate surface area is 116 Å². The molecule has 0 spiro atoms. The van der Waals surface area contributed by atoms with Crippen LogP contribution in [0, 0.1) is 0 Å². The van der Waals surface area contributed by atoms with E-state index in [4.69, 9.17) is 11.6 Å². The lowest BCUT2D eigenvalue weighted by atomic mass is 10.2. The van der Waals surface area contributed by atoms with Crippen molar-refractivity contribution >= 4 is 17.5 Å². The van der Waals surface area contributed by atoms with Crippen LogP contribution >= 0.6 is 11.6 Å². The smallest absolute Gasteiger partial charge is 0.242 e. The number of hydrogen-bond acceptors (Lipinski definition) is 3.